The lowest BCUT2D eigenvalue weighted by atomic mass is 9.94. The summed E-state index contributed by atoms with van der Waals surface area (Å²) in [5.74, 6) is 0.0931. The predicted octanol–water partition coefficient (Wildman–Crippen LogP) is 5.03. The molecule has 1 aliphatic carbocycles. The third-order valence-electron chi connectivity index (χ3n) is 5.42. The van der Waals surface area contributed by atoms with Crippen LogP contribution in [0.25, 0.3) is 0 Å². The summed E-state index contributed by atoms with van der Waals surface area (Å²) >= 11 is 6.94. The molecule has 1 aromatic carbocycles. The molecule has 1 amide bonds. The van der Waals surface area contributed by atoms with Crippen molar-refractivity contribution in [1.29, 1.82) is 0 Å². The molecular weight excluding hydrogens is 360 g/mol. The third-order valence-corrected chi connectivity index (χ3v) is 6.77. The highest BCUT2D eigenvalue weighted by atomic mass is 32.2. The molecule has 0 radical (unpaired) electrons. The Labute approximate surface area is 165 Å². The number of nitrogens with zero attached hydrogens (tertiary/aromatic N) is 2. The number of hydrogen-bond donors (Lipinski definition) is 0. The Morgan fingerprint density at radius 1 is 1.12 bits per heavy atom. The first-order valence-electron chi connectivity index (χ1n) is 9.52. The molecule has 1 saturated heterocycles. The van der Waals surface area contributed by atoms with Gasteiger partial charge in [-0.1, -0.05) is 61.4 Å². The van der Waals surface area contributed by atoms with E-state index in [-0.39, 0.29) is 5.91 Å². The highest BCUT2D eigenvalue weighted by Crippen LogP contribution is 2.36. The van der Waals surface area contributed by atoms with E-state index in [4.69, 9.17) is 12.2 Å². The zero-order valence-corrected chi connectivity index (χ0v) is 16.5. The molecule has 0 N–H and O–H groups in total. The molecule has 3 nitrogen and oxygen atoms in total. The summed E-state index contributed by atoms with van der Waals surface area (Å²) in [6.45, 7) is 1.02. The van der Waals surface area contributed by atoms with Gasteiger partial charge in [-0.15, -0.1) is 0 Å². The van der Waals surface area contributed by atoms with E-state index in [1.807, 2.05) is 17.1 Å². The fraction of sp³-hybridized carbons (Fsp3) is 0.429. The van der Waals surface area contributed by atoms with Gasteiger partial charge in [0.15, 0.2) is 0 Å². The van der Waals surface area contributed by atoms with Crippen LogP contribution in [0.1, 0.15) is 44.1 Å². The number of carbonyl (C=O) groups is 1. The second-order valence-corrected chi connectivity index (χ2v) is 8.81. The number of thiocarbonyl (C=S) groups is 1. The molecule has 1 saturated carbocycles. The molecule has 0 bridgehead atoms. The van der Waals surface area contributed by atoms with Crippen molar-refractivity contribution < 1.29 is 4.79 Å². The molecular formula is C21H24N2OS2. The molecule has 26 heavy (non-hydrogen) atoms. The Hall–Kier alpha value is -1.59. The first-order chi connectivity index (χ1) is 12.7. The first kappa shape index (κ1) is 17.8. The minimum atomic E-state index is 0.0931. The van der Waals surface area contributed by atoms with Crippen molar-refractivity contribution in [3.8, 4) is 0 Å². The molecule has 1 aromatic rings. The molecule has 0 unspecified atom stereocenters. The van der Waals surface area contributed by atoms with E-state index < -0.39 is 0 Å². The Morgan fingerprint density at radius 3 is 2.77 bits per heavy atom. The van der Waals surface area contributed by atoms with Crippen molar-refractivity contribution >= 4 is 39.9 Å². The standard InChI is InChI=1S/C21H24N2OS2/c24-20-19(26-21(25)23(20)17-10-2-1-3-11-17)13-7-15-22-14-6-9-16-8-4-5-12-18(16)22/h4-5,7-8,12-13,15,17H,1-3,6,9-11,14H2. The minimum Gasteiger partial charge on any atom is -0.348 e. The van der Waals surface area contributed by atoms with Crippen LogP contribution in [-0.4, -0.2) is 27.7 Å². The van der Waals surface area contributed by atoms with Crippen molar-refractivity contribution in [2.45, 2.75) is 51.0 Å². The van der Waals surface area contributed by atoms with Crippen LogP contribution in [0.2, 0.25) is 0 Å². The molecule has 2 aliphatic heterocycles. The van der Waals surface area contributed by atoms with Gasteiger partial charge in [0.1, 0.15) is 4.32 Å². The number of fused-ring (bicyclic) bond motifs is 1. The number of benzene rings is 1. The average molecular weight is 385 g/mol. The van der Waals surface area contributed by atoms with Crippen LogP contribution in [0.15, 0.2) is 47.5 Å². The topological polar surface area (TPSA) is 23.6 Å². The van der Waals surface area contributed by atoms with Gasteiger partial charge in [-0.25, -0.2) is 0 Å². The first-order valence-corrected chi connectivity index (χ1v) is 10.7. The minimum absolute atomic E-state index is 0.0931. The summed E-state index contributed by atoms with van der Waals surface area (Å²) < 4.78 is 0.727. The lowest BCUT2D eigenvalue weighted by molar-refractivity contribution is -0.124. The van der Waals surface area contributed by atoms with Crippen LogP contribution in [0, 0.1) is 0 Å². The van der Waals surface area contributed by atoms with Gasteiger partial charge in [0.2, 0.25) is 0 Å². The van der Waals surface area contributed by atoms with Gasteiger partial charge in [-0.3, -0.25) is 9.69 Å². The quantitative estimate of drug-likeness (QED) is 0.539. The molecule has 0 aromatic heterocycles. The van der Waals surface area contributed by atoms with Crippen molar-refractivity contribution in [2.24, 2.45) is 0 Å². The van der Waals surface area contributed by atoms with Crippen LogP contribution in [0.3, 0.4) is 0 Å². The Balaban J connectivity index is 1.47. The van der Waals surface area contributed by atoms with E-state index >= 15 is 0 Å². The maximum atomic E-state index is 12.8. The lowest BCUT2D eigenvalue weighted by Gasteiger charge is -2.29. The summed E-state index contributed by atoms with van der Waals surface area (Å²) in [6, 6.07) is 8.86. The molecule has 136 valence electrons. The smallest absolute Gasteiger partial charge is 0.266 e. The molecule has 2 fully saturated rings. The number of allylic oxidation sites excluding steroid dienone is 2. The van der Waals surface area contributed by atoms with Crippen molar-refractivity contribution in [3.63, 3.8) is 0 Å². The normalized spacial score (nSPS) is 23.3. The van der Waals surface area contributed by atoms with Crippen LogP contribution >= 0.6 is 24.0 Å². The number of hydrogen-bond acceptors (Lipinski definition) is 4. The number of amides is 1. The molecule has 0 atom stereocenters. The van der Waals surface area contributed by atoms with Crippen molar-refractivity contribution in [3.05, 3.63) is 53.1 Å². The van der Waals surface area contributed by atoms with Gasteiger partial charge in [-0.2, -0.15) is 0 Å². The van der Waals surface area contributed by atoms with Crippen LogP contribution in [0.5, 0.6) is 0 Å². The molecule has 4 rings (SSSR count). The largest absolute Gasteiger partial charge is 0.348 e. The Kier molecular flexibility index (Phi) is 5.46. The highest BCUT2D eigenvalue weighted by Gasteiger charge is 2.37. The zero-order chi connectivity index (χ0) is 17.9. The van der Waals surface area contributed by atoms with Crippen LogP contribution in [-0.2, 0) is 11.2 Å². The monoisotopic (exact) mass is 384 g/mol. The predicted molar refractivity (Wildman–Crippen MR) is 113 cm³/mol. The van der Waals surface area contributed by atoms with Gasteiger partial charge >= 0.3 is 0 Å². The van der Waals surface area contributed by atoms with E-state index in [0.717, 1.165) is 41.5 Å². The number of carbonyl (C=O) groups excluding carboxylic acids is 1. The Bertz CT molecular complexity index is 765. The van der Waals surface area contributed by atoms with E-state index in [9.17, 15) is 4.79 Å². The number of anilines is 1. The molecule has 5 heteroatoms. The maximum absolute atomic E-state index is 12.8. The lowest BCUT2D eigenvalue weighted by Crippen LogP contribution is -2.39. The highest BCUT2D eigenvalue weighted by molar-refractivity contribution is 8.26. The van der Waals surface area contributed by atoms with E-state index in [0.29, 0.717) is 6.04 Å². The van der Waals surface area contributed by atoms with Crippen molar-refractivity contribution in [1.82, 2.24) is 4.90 Å². The van der Waals surface area contributed by atoms with E-state index in [1.54, 1.807) is 0 Å². The number of rotatable bonds is 3. The summed E-state index contributed by atoms with van der Waals surface area (Å²) in [5, 5.41) is 0. The average Bonchev–Trinajstić information content (AvgIpc) is 2.96. The molecule has 0 spiro atoms. The van der Waals surface area contributed by atoms with Gasteiger partial charge < -0.3 is 4.90 Å². The van der Waals surface area contributed by atoms with Gasteiger partial charge in [0, 0.05) is 24.5 Å². The number of thioether (sulfide) groups is 1. The van der Waals surface area contributed by atoms with Crippen LogP contribution in [0.4, 0.5) is 5.69 Å². The second kappa shape index (κ2) is 7.97. The van der Waals surface area contributed by atoms with Gasteiger partial charge in [-0.05, 0) is 49.5 Å². The van der Waals surface area contributed by atoms with Crippen LogP contribution < -0.4 is 4.90 Å². The maximum Gasteiger partial charge on any atom is 0.266 e. The van der Waals surface area contributed by atoms with Crippen molar-refractivity contribution in [2.75, 3.05) is 11.4 Å². The summed E-state index contributed by atoms with van der Waals surface area (Å²) in [4.78, 5) is 17.7. The third kappa shape index (κ3) is 3.60. The molecule has 2 heterocycles. The van der Waals surface area contributed by atoms with Gasteiger partial charge in [0.25, 0.3) is 5.91 Å². The van der Waals surface area contributed by atoms with E-state index in [1.165, 1.54) is 42.3 Å². The molecule has 3 aliphatic rings. The van der Waals surface area contributed by atoms with Gasteiger partial charge in [0.05, 0.1) is 4.91 Å². The summed E-state index contributed by atoms with van der Waals surface area (Å²) in [7, 11) is 0. The summed E-state index contributed by atoms with van der Waals surface area (Å²) in [5.41, 5.74) is 2.67. The number of para-hydroxylation sites is 1. The number of aryl methyl sites for hydroxylation is 1. The summed E-state index contributed by atoms with van der Waals surface area (Å²) in [6.07, 6.45) is 14.2. The Morgan fingerprint density at radius 2 is 1.92 bits per heavy atom. The van der Waals surface area contributed by atoms with E-state index in [2.05, 4.69) is 35.4 Å². The fourth-order valence-corrected chi connectivity index (χ4v) is 5.45. The SMILES string of the molecule is O=C1C(=CC=CN2CCCc3ccccc32)SC(=S)N1C1CCCCC1. The zero-order valence-electron chi connectivity index (χ0n) is 14.9. The second-order valence-electron chi connectivity index (χ2n) is 7.13. The fourth-order valence-electron chi connectivity index (χ4n) is 4.10.